The zero-order valence-corrected chi connectivity index (χ0v) is 15.6. The Labute approximate surface area is 150 Å². The summed E-state index contributed by atoms with van der Waals surface area (Å²) < 4.78 is 0. The van der Waals surface area contributed by atoms with E-state index in [2.05, 4.69) is 34.5 Å². The van der Waals surface area contributed by atoms with Gasteiger partial charge in [0.05, 0.1) is 18.3 Å². The van der Waals surface area contributed by atoms with Gasteiger partial charge in [0.2, 0.25) is 0 Å². The van der Waals surface area contributed by atoms with Crippen LogP contribution in [-0.4, -0.2) is 10.9 Å². The van der Waals surface area contributed by atoms with E-state index in [1.165, 1.54) is 0 Å². The molecule has 7 heteroatoms. The van der Waals surface area contributed by atoms with Gasteiger partial charge in [0.1, 0.15) is 5.01 Å². The van der Waals surface area contributed by atoms with Gasteiger partial charge in [-0.3, -0.25) is 0 Å². The Morgan fingerprint density at radius 2 is 2.09 bits per heavy atom. The lowest BCUT2D eigenvalue weighted by molar-refractivity contribution is 0.707. The lowest BCUT2D eigenvalue weighted by Gasteiger charge is -2.16. The van der Waals surface area contributed by atoms with Crippen molar-refractivity contribution in [3.8, 4) is 0 Å². The van der Waals surface area contributed by atoms with Gasteiger partial charge in [-0.05, 0) is 30.5 Å². The van der Waals surface area contributed by atoms with Crippen LogP contribution in [0.1, 0.15) is 49.0 Å². The van der Waals surface area contributed by atoms with Crippen molar-refractivity contribution in [1.82, 2.24) is 10.3 Å². The number of halogens is 2. The Hall–Kier alpha value is -1.30. The molecule has 0 aliphatic heterocycles. The van der Waals surface area contributed by atoms with Crippen molar-refractivity contribution < 1.29 is 0 Å². The van der Waals surface area contributed by atoms with E-state index in [9.17, 15) is 0 Å². The second-order valence-corrected chi connectivity index (χ2v) is 7.34. The molecule has 4 nitrogen and oxygen atoms in total. The minimum absolute atomic E-state index is 0.0639. The van der Waals surface area contributed by atoms with Crippen LogP contribution in [0.15, 0.2) is 28.6 Å². The van der Waals surface area contributed by atoms with Crippen LogP contribution < -0.4 is 11.1 Å². The third-order valence-electron chi connectivity index (χ3n) is 3.34. The van der Waals surface area contributed by atoms with Crippen LogP contribution in [0.2, 0.25) is 10.0 Å². The fraction of sp³-hybridized carbons (Fsp3) is 0.375. The van der Waals surface area contributed by atoms with Gasteiger partial charge in [-0.15, -0.1) is 11.3 Å². The molecule has 2 aromatic rings. The minimum Gasteiger partial charge on any atom is -0.370 e. The molecular formula is C16H20Cl2N4S. The van der Waals surface area contributed by atoms with Gasteiger partial charge in [-0.2, -0.15) is 0 Å². The Bertz CT molecular complexity index is 697. The second kappa shape index (κ2) is 7.99. The SMILES string of the molecule is CC(C)c1csc(CN=C(N)NC(C)c2ccc(Cl)cc2Cl)n1. The summed E-state index contributed by atoms with van der Waals surface area (Å²) in [5.74, 6) is 0.788. The molecule has 0 radical (unpaired) electrons. The first kappa shape index (κ1) is 18.0. The number of nitrogens with zero attached hydrogens (tertiary/aromatic N) is 2. The Balaban J connectivity index is 1.98. The molecule has 0 saturated carbocycles. The van der Waals surface area contributed by atoms with Crippen molar-refractivity contribution in [1.29, 1.82) is 0 Å². The van der Waals surface area contributed by atoms with E-state index >= 15 is 0 Å². The normalized spacial score (nSPS) is 13.4. The maximum absolute atomic E-state index is 6.20. The van der Waals surface area contributed by atoms with Gasteiger partial charge in [0.25, 0.3) is 0 Å². The van der Waals surface area contributed by atoms with Gasteiger partial charge >= 0.3 is 0 Å². The maximum atomic E-state index is 6.20. The summed E-state index contributed by atoms with van der Waals surface area (Å²) in [6.07, 6.45) is 0. The van der Waals surface area contributed by atoms with Crippen LogP contribution in [0.3, 0.4) is 0 Å². The number of aliphatic imine (C=N–C) groups is 1. The van der Waals surface area contributed by atoms with Crippen LogP contribution in [0.5, 0.6) is 0 Å². The van der Waals surface area contributed by atoms with Crippen molar-refractivity contribution in [3.05, 3.63) is 49.9 Å². The van der Waals surface area contributed by atoms with Crippen LogP contribution in [0.25, 0.3) is 0 Å². The molecular weight excluding hydrogens is 351 g/mol. The first-order valence-electron chi connectivity index (χ1n) is 7.32. The highest BCUT2D eigenvalue weighted by Gasteiger charge is 2.11. The molecule has 1 aromatic heterocycles. The highest BCUT2D eigenvalue weighted by molar-refractivity contribution is 7.09. The van der Waals surface area contributed by atoms with Crippen molar-refractivity contribution in [2.45, 2.75) is 39.3 Å². The monoisotopic (exact) mass is 370 g/mol. The van der Waals surface area contributed by atoms with Crippen molar-refractivity contribution in [2.75, 3.05) is 0 Å². The molecule has 0 saturated heterocycles. The third-order valence-corrected chi connectivity index (χ3v) is 4.75. The van der Waals surface area contributed by atoms with Crippen LogP contribution in [-0.2, 0) is 6.54 Å². The van der Waals surface area contributed by atoms with Gasteiger partial charge < -0.3 is 11.1 Å². The molecule has 1 heterocycles. The molecule has 0 bridgehead atoms. The quantitative estimate of drug-likeness (QED) is 0.590. The number of nitrogens with two attached hydrogens (primary N) is 1. The number of nitrogens with one attached hydrogen (secondary N) is 1. The van der Waals surface area contributed by atoms with E-state index in [-0.39, 0.29) is 6.04 Å². The average Bonchev–Trinajstić information content (AvgIpc) is 2.94. The summed E-state index contributed by atoms with van der Waals surface area (Å²) in [6, 6.07) is 5.33. The van der Waals surface area contributed by atoms with Gasteiger partial charge in [0, 0.05) is 15.4 Å². The number of thiazole rings is 1. The van der Waals surface area contributed by atoms with Crippen molar-refractivity contribution in [3.63, 3.8) is 0 Å². The van der Waals surface area contributed by atoms with Gasteiger partial charge in [-0.1, -0.05) is 43.1 Å². The van der Waals surface area contributed by atoms with Crippen LogP contribution in [0, 0.1) is 0 Å². The molecule has 0 aliphatic rings. The zero-order valence-electron chi connectivity index (χ0n) is 13.3. The lowest BCUT2D eigenvalue weighted by Crippen LogP contribution is -2.34. The predicted octanol–water partition coefficient (Wildman–Crippen LogP) is 4.74. The third kappa shape index (κ3) is 5.09. The number of hydrogen-bond donors (Lipinski definition) is 2. The van der Waals surface area contributed by atoms with Crippen molar-refractivity contribution in [2.24, 2.45) is 10.7 Å². The first-order chi connectivity index (χ1) is 10.9. The zero-order chi connectivity index (χ0) is 17.0. The topological polar surface area (TPSA) is 63.3 Å². The Morgan fingerprint density at radius 1 is 1.35 bits per heavy atom. The standard InChI is InChI=1S/C16H20Cl2N4S/c1-9(2)14-8-23-15(22-14)7-20-16(19)21-10(3)12-5-4-11(17)6-13(12)18/h4-6,8-10H,7H2,1-3H3,(H3,19,20,21). The average molecular weight is 371 g/mol. The Kier molecular flexibility index (Phi) is 6.27. The fourth-order valence-corrected chi connectivity index (χ4v) is 3.46. The number of guanidine groups is 1. The van der Waals surface area contributed by atoms with E-state index in [0.29, 0.717) is 28.5 Å². The molecule has 0 amide bonds. The largest absolute Gasteiger partial charge is 0.370 e. The molecule has 1 aromatic carbocycles. The van der Waals surface area contributed by atoms with E-state index in [1.807, 2.05) is 13.0 Å². The highest BCUT2D eigenvalue weighted by atomic mass is 35.5. The van der Waals surface area contributed by atoms with Gasteiger partial charge in [0.15, 0.2) is 5.96 Å². The molecule has 0 fully saturated rings. The fourth-order valence-electron chi connectivity index (χ4n) is 2.01. The first-order valence-corrected chi connectivity index (χ1v) is 8.96. The summed E-state index contributed by atoms with van der Waals surface area (Å²) in [5, 5.41) is 7.36. The number of aromatic nitrogens is 1. The highest BCUT2D eigenvalue weighted by Crippen LogP contribution is 2.26. The van der Waals surface area contributed by atoms with Crippen molar-refractivity contribution >= 4 is 40.5 Å². The summed E-state index contributed by atoms with van der Waals surface area (Å²) >= 11 is 13.7. The summed E-state index contributed by atoms with van der Waals surface area (Å²) in [7, 11) is 0. The molecule has 2 rings (SSSR count). The smallest absolute Gasteiger partial charge is 0.189 e. The molecule has 124 valence electrons. The molecule has 0 aliphatic carbocycles. The molecule has 0 spiro atoms. The van der Waals surface area contributed by atoms with E-state index < -0.39 is 0 Å². The molecule has 1 atom stereocenters. The predicted molar refractivity (Wildman–Crippen MR) is 99.5 cm³/mol. The summed E-state index contributed by atoms with van der Waals surface area (Å²) in [4.78, 5) is 8.88. The molecule has 23 heavy (non-hydrogen) atoms. The molecule has 1 unspecified atom stereocenters. The minimum atomic E-state index is -0.0639. The summed E-state index contributed by atoms with van der Waals surface area (Å²) in [5.41, 5.74) is 7.97. The molecule has 3 N–H and O–H groups in total. The second-order valence-electron chi connectivity index (χ2n) is 5.55. The Morgan fingerprint density at radius 3 is 2.70 bits per heavy atom. The number of benzene rings is 1. The van der Waals surface area contributed by atoms with E-state index in [0.717, 1.165) is 16.3 Å². The maximum Gasteiger partial charge on any atom is 0.189 e. The number of rotatable bonds is 5. The van der Waals surface area contributed by atoms with E-state index in [4.69, 9.17) is 28.9 Å². The van der Waals surface area contributed by atoms with Crippen LogP contribution in [0.4, 0.5) is 0 Å². The number of hydrogen-bond acceptors (Lipinski definition) is 3. The van der Waals surface area contributed by atoms with E-state index in [1.54, 1.807) is 23.5 Å². The van der Waals surface area contributed by atoms with Gasteiger partial charge in [-0.25, -0.2) is 9.98 Å². The van der Waals surface area contributed by atoms with Crippen LogP contribution >= 0.6 is 34.5 Å². The lowest BCUT2D eigenvalue weighted by atomic mass is 10.1. The summed E-state index contributed by atoms with van der Waals surface area (Å²) in [6.45, 7) is 6.68.